The van der Waals surface area contributed by atoms with Crippen LogP contribution in [0, 0.1) is 12.7 Å². The first-order valence-electron chi connectivity index (χ1n) is 9.68. The van der Waals surface area contributed by atoms with E-state index in [0.717, 1.165) is 30.5 Å². The number of carbonyl (C=O) groups is 1. The van der Waals surface area contributed by atoms with Crippen molar-refractivity contribution in [3.8, 4) is 0 Å². The fraction of sp³-hybridized carbons (Fsp3) is 0.381. The molecule has 0 aromatic heterocycles. The van der Waals surface area contributed by atoms with Gasteiger partial charge in [-0.2, -0.15) is 0 Å². The summed E-state index contributed by atoms with van der Waals surface area (Å²) in [5.41, 5.74) is 2.83. The number of benzene rings is 2. The van der Waals surface area contributed by atoms with Gasteiger partial charge >= 0.3 is 0 Å². The van der Waals surface area contributed by atoms with Crippen molar-refractivity contribution >= 4 is 27.3 Å². The highest BCUT2D eigenvalue weighted by Crippen LogP contribution is 2.24. The normalized spacial score (nSPS) is 17.3. The zero-order valence-corrected chi connectivity index (χ0v) is 17.4. The van der Waals surface area contributed by atoms with Crippen LogP contribution in [0.1, 0.15) is 30.9 Å². The van der Waals surface area contributed by atoms with Crippen molar-refractivity contribution < 1.29 is 17.6 Å². The summed E-state index contributed by atoms with van der Waals surface area (Å²) < 4.78 is 39.1. The number of hydrogen-bond donors (Lipinski definition) is 2. The van der Waals surface area contributed by atoms with E-state index in [1.807, 2.05) is 0 Å². The van der Waals surface area contributed by atoms with E-state index in [9.17, 15) is 17.6 Å². The van der Waals surface area contributed by atoms with Crippen LogP contribution >= 0.6 is 0 Å². The number of nitrogens with zero attached hydrogens (tertiary/aromatic N) is 1. The SMILES string of the molecule is CCS(=O)(=O)Nc1ccc(NC(=O)[C@H]2CCCN2Cc2ccc(F)cc2)cc1C. The first-order chi connectivity index (χ1) is 13.8. The second kappa shape index (κ2) is 8.92. The molecule has 1 aliphatic rings. The summed E-state index contributed by atoms with van der Waals surface area (Å²) in [7, 11) is -3.35. The van der Waals surface area contributed by atoms with Crippen molar-refractivity contribution in [3.05, 3.63) is 59.4 Å². The van der Waals surface area contributed by atoms with E-state index in [2.05, 4.69) is 14.9 Å². The van der Waals surface area contributed by atoms with Crippen LogP contribution in [0.5, 0.6) is 0 Å². The summed E-state index contributed by atoms with van der Waals surface area (Å²) in [5, 5.41) is 2.94. The van der Waals surface area contributed by atoms with Gasteiger partial charge in [0.25, 0.3) is 0 Å². The maximum absolute atomic E-state index is 13.1. The summed E-state index contributed by atoms with van der Waals surface area (Å²) in [6.07, 6.45) is 1.69. The molecule has 0 saturated carbocycles. The van der Waals surface area contributed by atoms with Crippen molar-refractivity contribution in [1.82, 2.24) is 4.90 Å². The Labute approximate surface area is 171 Å². The number of anilines is 2. The van der Waals surface area contributed by atoms with Gasteiger partial charge in [0.1, 0.15) is 5.82 Å². The third-order valence-corrected chi connectivity index (χ3v) is 6.40. The van der Waals surface area contributed by atoms with E-state index < -0.39 is 10.0 Å². The predicted octanol–water partition coefficient (Wildman–Crippen LogP) is 3.50. The molecule has 29 heavy (non-hydrogen) atoms. The van der Waals surface area contributed by atoms with Crippen LogP contribution in [-0.4, -0.2) is 37.6 Å². The second-order valence-corrected chi connectivity index (χ2v) is 9.29. The largest absolute Gasteiger partial charge is 0.325 e. The molecule has 1 fully saturated rings. The Morgan fingerprint density at radius 1 is 1.21 bits per heavy atom. The van der Waals surface area contributed by atoms with Crippen LogP contribution in [0.15, 0.2) is 42.5 Å². The lowest BCUT2D eigenvalue weighted by Gasteiger charge is -2.24. The van der Waals surface area contributed by atoms with Crippen LogP contribution in [0.2, 0.25) is 0 Å². The standard InChI is InChI=1S/C21H26FN3O3S/c1-3-29(27,28)24-19-11-10-18(13-15(19)2)23-21(26)20-5-4-12-25(20)14-16-6-8-17(22)9-7-16/h6-11,13,20,24H,3-5,12,14H2,1-2H3,(H,23,26)/t20-/m1/s1. The van der Waals surface area contributed by atoms with Gasteiger partial charge in [-0.15, -0.1) is 0 Å². The van der Waals surface area contributed by atoms with E-state index >= 15 is 0 Å². The van der Waals surface area contributed by atoms with E-state index in [1.165, 1.54) is 12.1 Å². The molecule has 2 aromatic rings. The highest BCUT2D eigenvalue weighted by Gasteiger charge is 2.30. The average Bonchev–Trinajstić information content (AvgIpc) is 3.14. The molecule has 6 nitrogen and oxygen atoms in total. The first kappa shape index (κ1) is 21.3. The first-order valence-corrected chi connectivity index (χ1v) is 11.3. The lowest BCUT2D eigenvalue weighted by atomic mass is 10.1. The molecule has 1 atom stereocenters. The Balaban J connectivity index is 1.65. The molecule has 0 unspecified atom stereocenters. The van der Waals surface area contributed by atoms with Gasteiger partial charge in [0.05, 0.1) is 17.5 Å². The summed E-state index contributed by atoms with van der Waals surface area (Å²) in [6.45, 7) is 4.77. The number of halogens is 1. The third kappa shape index (κ3) is 5.55. The summed E-state index contributed by atoms with van der Waals surface area (Å²) in [6, 6.07) is 11.2. The predicted molar refractivity (Wildman–Crippen MR) is 113 cm³/mol. The summed E-state index contributed by atoms with van der Waals surface area (Å²) >= 11 is 0. The van der Waals surface area contributed by atoms with Crippen LogP contribution < -0.4 is 10.0 Å². The number of rotatable bonds is 7. The fourth-order valence-corrected chi connectivity index (χ4v) is 4.17. The number of aryl methyl sites for hydroxylation is 1. The molecule has 0 spiro atoms. The topological polar surface area (TPSA) is 78.5 Å². The number of carbonyl (C=O) groups excluding carboxylic acids is 1. The lowest BCUT2D eigenvalue weighted by molar-refractivity contribution is -0.120. The van der Waals surface area contributed by atoms with Gasteiger partial charge in [-0.1, -0.05) is 12.1 Å². The van der Waals surface area contributed by atoms with E-state index in [1.54, 1.807) is 44.2 Å². The molecule has 1 amide bonds. The number of hydrogen-bond acceptors (Lipinski definition) is 4. The van der Waals surface area contributed by atoms with Crippen LogP contribution in [-0.2, 0) is 21.4 Å². The van der Waals surface area contributed by atoms with Crippen LogP contribution in [0.25, 0.3) is 0 Å². The zero-order chi connectivity index (χ0) is 21.0. The number of likely N-dealkylation sites (tertiary alicyclic amines) is 1. The third-order valence-electron chi connectivity index (χ3n) is 5.10. The molecule has 3 rings (SSSR count). The monoisotopic (exact) mass is 419 g/mol. The fourth-order valence-electron chi connectivity index (χ4n) is 3.46. The molecule has 156 valence electrons. The Hall–Kier alpha value is -2.45. The van der Waals surface area contributed by atoms with Crippen molar-refractivity contribution in [3.63, 3.8) is 0 Å². The van der Waals surface area contributed by atoms with Crippen molar-refractivity contribution in [2.45, 2.75) is 39.3 Å². The molecular formula is C21H26FN3O3S. The van der Waals surface area contributed by atoms with Gasteiger partial charge in [-0.25, -0.2) is 12.8 Å². The molecule has 1 aliphatic heterocycles. The Morgan fingerprint density at radius 2 is 1.93 bits per heavy atom. The molecule has 1 saturated heterocycles. The van der Waals surface area contributed by atoms with Crippen molar-refractivity contribution in [2.75, 3.05) is 22.3 Å². The van der Waals surface area contributed by atoms with Crippen LogP contribution in [0.4, 0.5) is 15.8 Å². The van der Waals surface area contributed by atoms with Gasteiger partial charge in [-0.3, -0.25) is 14.4 Å². The highest BCUT2D eigenvalue weighted by molar-refractivity contribution is 7.92. The van der Waals surface area contributed by atoms with E-state index in [0.29, 0.717) is 17.9 Å². The molecule has 0 radical (unpaired) electrons. The van der Waals surface area contributed by atoms with Gasteiger partial charge in [-0.05, 0) is 74.7 Å². The van der Waals surface area contributed by atoms with E-state index in [4.69, 9.17) is 0 Å². The molecule has 2 aromatic carbocycles. The smallest absolute Gasteiger partial charge is 0.241 e. The van der Waals surface area contributed by atoms with Gasteiger partial charge in [0.15, 0.2) is 0 Å². The minimum absolute atomic E-state index is 0.00347. The number of nitrogens with one attached hydrogen (secondary N) is 2. The Morgan fingerprint density at radius 3 is 2.59 bits per heavy atom. The molecular weight excluding hydrogens is 393 g/mol. The minimum atomic E-state index is -3.35. The van der Waals surface area contributed by atoms with Gasteiger partial charge in [0, 0.05) is 12.2 Å². The van der Waals surface area contributed by atoms with Crippen molar-refractivity contribution in [1.29, 1.82) is 0 Å². The van der Waals surface area contributed by atoms with Gasteiger partial charge < -0.3 is 5.32 Å². The molecule has 0 bridgehead atoms. The lowest BCUT2D eigenvalue weighted by Crippen LogP contribution is -2.39. The van der Waals surface area contributed by atoms with Gasteiger partial charge in [0.2, 0.25) is 15.9 Å². The Bertz CT molecular complexity index is 977. The van der Waals surface area contributed by atoms with E-state index in [-0.39, 0.29) is 23.5 Å². The maximum Gasteiger partial charge on any atom is 0.241 e. The average molecular weight is 420 g/mol. The highest BCUT2D eigenvalue weighted by atomic mass is 32.2. The zero-order valence-electron chi connectivity index (χ0n) is 16.6. The molecule has 2 N–H and O–H groups in total. The summed E-state index contributed by atoms with van der Waals surface area (Å²) in [4.78, 5) is 14.9. The minimum Gasteiger partial charge on any atom is -0.325 e. The second-order valence-electron chi connectivity index (χ2n) is 7.28. The number of sulfonamides is 1. The quantitative estimate of drug-likeness (QED) is 0.720. The van der Waals surface area contributed by atoms with Crippen LogP contribution in [0.3, 0.4) is 0 Å². The molecule has 0 aliphatic carbocycles. The number of amides is 1. The Kier molecular flexibility index (Phi) is 6.54. The molecule has 8 heteroatoms. The maximum atomic E-state index is 13.1. The summed E-state index contributed by atoms with van der Waals surface area (Å²) in [5.74, 6) is -0.369. The molecule has 1 heterocycles. The van der Waals surface area contributed by atoms with Crippen molar-refractivity contribution in [2.24, 2.45) is 0 Å².